The lowest BCUT2D eigenvalue weighted by molar-refractivity contribution is 0.0945. The van der Waals surface area contributed by atoms with E-state index in [9.17, 15) is 4.79 Å². The number of fused-ring (bicyclic) bond motifs is 1. The van der Waals surface area contributed by atoms with Gasteiger partial charge in [-0.1, -0.05) is 12.1 Å². The predicted molar refractivity (Wildman–Crippen MR) is 101 cm³/mol. The van der Waals surface area contributed by atoms with E-state index < -0.39 is 0 Å². The number of carbonyl (C=O) groups is 1. The zero-order valence-electron chi connectivity index (χ0n) is 15.7. The van der Waals surface area contributed by atoms with E-state index in [4.69, 9.17) is 8.94 Å². The zero-order chi connectivity index (χ0) is 18.8. The summed E-state index contributed by atoms with van der Waals surface area (Å²) in [4.78, 5) is 19.7. The number of aromatic nitrogens is 2. The largest absolute Gasteiger partial charge is 0.463 e. The summed E-state index contributed by atoms with van der Waals surface area (Å²) in [6.45, 7) is 7.76. The summed E-state index contributed by atoms with van der Waals surface area (Å²) in [5.41, 5.74) is 2.06. The minimum Gasteiger partial charge on any atom is -0.463 e. The van der Waals surface area contributed by atoms with Gasteiger partial charge in [0.25, 0.3) is 11.6 Å². The quantitative estimate of drug-likeness (QED) is 0.744. The standard InChI is InChI=1S/C20H24N4O3/c1-13-5-3-8-24(12-13)9-7-21-19(25)15-11-16(17-6-4-10-26-17)22-20-18(15)14(2)23-27-20/h4,6,10-11,13H,3,5,7-9,12H2,1-2H3,(H,21,25)/t13-/m1/s1. The van der Waals surface area contributed by atoms with Gasteiger partial charge in [-0.25, -0.2) is 4.98 Å². The van der Waals surface area contributed by atoms with Crippen LogP contribution in [-0.2, 0) is 0 Å². The number of pyridine rings is 1. The van der Waals surface area contributed by atoms with Crippen LogP contribution in [0.1, 0.15) is 35.8 Å². The van der Waals surface area contributed by atoms with Crippen molar-refractivity contribution >= 4 is 17.0 Å². The molecule has 7 heteroatoms. The molecule has 1 fully saturated rings. The van der Waals surface area contributed by atoms with E-state index in [-0.39, 0.29) is 5.91 Å². The van der Waals surface area contributed by atoms with Crippen LogP contribution in [0.3, 0.4) is 0 Å². The molecule has 0 aliphatic carbocycles. The maximum Gasteiger partial charge on any atom is 0.259 e. The van der Waals surface area contributed by atoms with Gasteiger partial charge in [0.05, 0.1) is 22.9 Å². The highest BCUT2D eigenvalue weighted by atomic mass is 16.5. The Hall–Kier alpha value is -2.67. The number of furan rings is 1. The SMILES string of the molecule is Cc1noc2nc(-c3ccco3)cc(C(=O)NCCN3CCC[C@@H](C)C3)c12. The van der Waals surface area contributed by atoms with E-state index in [0.29, 0.717) is 40.4 Å². The van der Waals surface area contributed by atoms with Crippen LogP contribution in [0.2, 0.25) is 0 Å². The summed E-state index contributed by atoms with van der Waals surface area (Å²) in [5.74, 6) is 1.17. The van der Waals surface area contributed by atoms with Gasteiger partial charge in [-0.2, -0.15) is 0 Å². The first-order valence-corrected chi connectivity index (χ1v) is 9.43. The van der Waals surface area contributed by atoms with Crippen LogP contribution >= 0.6 is 0 Å². The average Bonchev–Trinajstić information content (AvgIpc) is 3.31. The van der Waals surface area contributed by atoms with Crippen LogP contribution in [0.4, 0.5) is 0 Å². The van der Waals surface area contributed by atoms with Gasteiger partial charge in [-0.05, 0) is 50.4 Å². The third-order valence-corrected chi connectivity index (χ3v) is 5.09. The lowest BCUT2D eigenvalue weighted by Gasteiger charge is -2.30. The summed E-state index contributed by atoms with van der Waals surface area (Å²) in [6.07, 6.45) is 4.10. The average molecular weight is 368 g/mol. The Kier molecular flexibility index (Phi) is 4.94. The second-order valence-electron chi connectivity index (χ2n) is 7.28. The zero-order valence-corrected chi connectivity index (χ0v) is 15.7. The number of hydrogen-bond acceptors (Lipinski definition) is 6. The van der Waals surface area contributed by atoms with E-state index >= 15 is 0 Å². The summed E-state index contributed by atoms with van der Waals surface area (Å²) in [7, 11) is 0. The van der Waals surface area contributed by atoms with Crippen LogP contribution < -0.4 is 5.32 Å². The molecule has 142 valence electrons. The van der Waals surface area contributed by atoms with Gasteiger partial charge in [0.2, 0.25) is 0 Å². The summed E-state index contributed by atoms with van der Waals surface area (Å²) >= 11 is 0. The molecule has 1 atom stereocenters. The van der Waals surface area contributed by atoms with Crippen LogP contribution in [0.25, 0.3) is 22.6 Å². The molecule has 0 bridgehead atoms. The minimum absolute atomic E-state index is 0.147. The number of nitrogens with one attached hydrogen (secondary N) is 1. The van der Waals surface area contributed by atoms with Crippen LogP contribution in [0.15, 0.2) is 33.4 Å². The Morgan fingerprint density at radius 2 is 2.33 bits per heavy atom. The van der Waals surface area contributed by atoms with E-state index in [1.54, 1.807) is 24.5 Å². The summed E-state index contributed by atoms with van der Waals surface area (Å²) in [5, 5.41) is 7.65. The molecule has 0 saturated carbocycles. The maximum absolute atomic E-state index is 12.9. The molecular formula is C20H24N4O3. The number of rotatable bonds is 5. The molecule has 1 saturated heterocycles. The smallest absolute Gasteiger partial charge is 0.259 e. The number of amides is 1. The fraction of sp³-hybridized carbons (Fsp3) is 0.450. The fourth-order valence-corrected chi connectivity index (χ4v) is 3.74. The molecule has 0 aromatic carbocycles. The molecule has 4 rings (SSSR count). The van der Waals surface area contributed by atoms with Gasteiger partial charge >= 0.3 is 0 Å². The first kappa shape index (κ1) is 17.7. The molecule has 0 radical (unpaired) electrons. The van der Waals surface area contributed by atoms with Crippen molar-refractivity contribution in [3.8, 4) is 11.5 Å². The van der Waals surface area contributed by atoms with Crippen LogP contribution in [-0.4, -0.2) is 47.1 Å². The summed E-state index contributed by atoms with van der Waals surface area (Å²) in [6, 6.07) is 5.33. The normalized spacial score (nSPS) is 18.1. The Labute approximate surface area is 157 Å². The van der Waals surface area contributed by atoms with Gasteiger partial charge in [-0.3, -0.25) is 4.79 Å². The highest BCUT2D eigenvalue weighted by molar-refractivity contribution is 6.06. The number of carbonyl (C=O) groups excluding carboxylic acids is 1. The van der Waals surface area contributed by atoms with Crippen molar-refractivity contribution in [2.45, 2.75) is 26.7 Å². The highest BCUT2D eigenvalue weighted by Gasteiger charge is 2.21. The number of likely N-dealkylation sites (tertiary alicyclic amines) is 1. The molecule has 1 aliphatic heterocycles. The third-order valence-electron chi connectivity index (χ3n) is 5.09. The molecular weight excluding hydrogens is 344 g/mol. The Bertz CT molecular complexity index is 932. The number of piperidine rings is 1. The van der Waals surface area contributed by atoms with Gasteiger partial charge in [0.15, 0.2) is 5.76 Å². The third kappa shape index (κ3) is 3.73. The monoisotopic (exact) mass is 368 g/mol. The van der Waals surface area contributed by atoms with Crippen molar-refractivity contribution in [1.29, 1.82) is 0 Å². The highest BCUT2D eigenvalue weighted by Crippen LogP contribution is 2.27. The van der Waals surface area contributed by atoms with Crippen molar-refractivity contribution in [2.75, 3.05) is 26.2 Å². The molecule has 3 aromatic heterocycles. The first-order chi connectivity index (χ1) is 13.1. The number of hydrogen-bond donors (Lipinski definition) is 1. The molecule has 1 N–H and O–H groups in total. The van der Waals surface area contributed by atoms with E-state index in [2.05, 4.69) is 27.3 Å². The molecule has 7 nitrogen and oxygen atoms in total. The number of nitrogens with zero attached hydrogens (tertiary/aromatic N) is 3. The van der Waals surface area contributed by atoms with Crippen LogP contribution in [0, 0.1) is 12.8 Å². The second kappa shape index (κ2) is 7.52. The topological polar surface area (TPSA) is 84.4 Å². The van der Waals surface area contributed by atoms with Crippen molar-refractivity contribution < 1.29 is 13.7 Å². The molecule has 4 heterocycles. The molecule has 0 unspecified atom stereocenters. The maximum atomic E-state index is 12.9. The summed E-state index contributed by atoms with van der Waals surface area (Å²) < 4.78 is 10.7. The van der Waals surface area contributed by atoms with Crippen molar-refractivity contribution in [2.24, 2.45) is 5.92 Å². The van der Waals surface area contributed by atoms with Gasteiger partial charge < -0.3 is 19.2 Å². The van der Waals surface area contributed by atoms with Crippen molar-refractivity contribution in [3.63, 3.8) is 0 Å². The van der Waals surface area contributed by atoms with E-state index in [0.717, 1.165) is 25.6 Å². The molecule has 27 heavy (non-hydrogen) atoms. The van der Waals surface area contributed by atoms with Crippen molar-refractivity contribution in [1.82, 2.24) is 20.4 Å². The Morgan fingerprint density at radius 1 is 1.44 bits per heavy atom. The molecule has 1 aliphatic rings. The molecule has 1 amide bonds. The van der Waals surface area contributed by atoms with Crippen molar-refractivity contribution in [3.05, 3.63) is 35.7 Å². The van der Waals surface area contributed by atoms with Crippen LogP contribution in [0.5, 0.6) is 0 Å². The van der Waals surface area contributed by atoms with E-state index in [1.165, 1.54) is 12.8 Å². The lowest BCUT2D eigenvalue weighted by atomic mass is 10.0. The predicted octanol–water partition coefficient (Wildman–Crippen LogP) is 3.25. The molecule has 3 aromatic rings. The Balaban J connectivity index is 1.53. The van der Waals surface area contributed by atoms with Gasteiger partial charge in [0.1, 0.15) is 5.69 Å². The minimum atomic E-state index is -0.147. The first-order valence-electron chi connectivity index (χ1n) is 9.43. The van der Waals surface area contributed by atoms with E-state index in [1.807, 2.05) is 6.92 Å². The molecule has 0 spiro atoms. The second-order valence-corrected chi connectivity index (χ2v) is 7.28. The van der Waals surface area contributed by atoms with Gasteiger partial charge in [0, 0.05) is 19.6 Å². The van der Waals surface area contributed by atoms with Gasteiger partial charge in [-0.15, -0.1) is 0 Å². The Morgan fingerprint density at radius 3 is 3.11 bits per heavy atom. The number of aryl methyl sites for hydroxylation is 1. The lowest BCUT2D eigenvalue weighted by Crippen LogP contribution is -2.40. The fourth-order valence-electron chi connectivity index (χ4n) is 3.74.